The highest BCUT2D eigenvalue weighted by molar-refractivity contribution is 7.13. The maximum Gasteiger partial charge on any atom is 0.243 e. The van der Waals surface area contributed by atoms with E-state index >= 15 is 0 Å². The third kappa shape index (κ3) is 7.52. The van der Waals surface area contributed by atoms with Crippen LogP contribution in [0.5, 0.6) is 5.75 Å². The first kappa shape index (κ1) is 30.7. The Balaban J connectivity index is 1.48. The number of aliphatic hydroxyl groups is 1. The van der Waals surface area contributed by atoms with Gasteiger partial charge < -0.3 is 30.3 Å². The van der Waals surface area contributed by atoms with Gasteiger partial charge in [0.1, 0.15) is 23.5 Å². The highest BCUT2D eigenvalue weighted by atomic mass is 32.1. The molecule has 1 fully saturated rings. The summed E-state index contributed by atoms with van der Waals surface area (Å²) in [7, 11) is 0. The van der Waals surface area contributed by atoms with E-state index in [0.717, 1.165) is 41.0 Å². The summed E-state index contributed by atoms with van der Waals surface area (Å²) in [5, 5.41) is 17.4. The van der Waals surface area contributed by atoms with Gasteiger partial charge in [-0.2, -0.15) is 0 Å². The summed E-state index contributed by atoms with van der Waals surface area (Å²) in [6.45, 7) is 9.14. The number of hydrogen-bond acceptors (Lipinski definition) is 9. The van der Waals surface area contributed by atoms with E-state index in [0.29, 0.717) is 30.4 Å². The summed E-state index contributed by atoms with van der Waals surface area (Å²) in [5.41, 5.74) is 10.9. The van der Waals surface area contributed by atoms with E-state index < -0.39 is 18.1 Å². The number of nitrogens with zero attached hydrogens (tertiary/aromatic N) is 3. The van der Waals surface area contributed by atoms with Gasteiger partial charge in [0, 0.05) is 31.1 Å². The quantitative estimate of drug-likeness (QED) is 0.257. The van der Waals surface area contributed by atoms with Crippen molar-refractivity contribution in [1.82, 2.24) is 20.4 Å². The fourth-order valence-corrected chi connectivity index (χ4v) is 6.01. The molecule has 0 aliphatic carbocycles. The lowest BCUT2D eigenvalue weighted by Crippen LogP contribution is -2.48. The van der Waals surface area contributed by atoms with Crippen molar-refractivity contribution in [3.8, 4) is 16.2 Å². The standard InChI is InChI=1S/C30H41N5O5S/c1-18(2)27(26-12-19(3)34-40-26)30(38)35-16-23(36)14-24(35)29(37)32-15-22-9-8-21(28-20(4)33-17-41-28)13-25(22)39-11-7-5-6-10-31/h8-9,12-13,17-18,23-24,27,36H,5-7,10-11,14-16,31H2,1-4H3,(H,32,37)/t23-,24+,27?/m1/s1. The third-order valence-corrected chi connectivity index (χ3v) is 8.36. The number of nitrogens with one attached hydrogen (secondary N) is 1. The minimum atomic E-state index is -0.789. The zero-order valence-corrected chi connectivity index (χ0v) is 25.1. The molecule has 0 bridgehead atoms. The summed E-state index contributed by atoms with van der Waals surface area (Å²) in [5.74, 6) is -0.0858. The molecule has 0 saturated carbocycles. The first-order valence-electron chi connectivity index (χ1n) is 14.2. The fraction of sp³-hybridized carbons (Fsp3) is 0.533. The number of nitrogens with two attached hydrogens (primary N) is 1. The van der Waals surface area contributed by atoms with Gasteiger partial charge in [0.05, 0.1) is 34.5 Å². The average Bonchev–Trinajstić information content (AvgIpc) is 3.67. The van der Waals surface area contributed by atoms with Crippen LogP contribution in [0.25, 0.3) is 10.4 Å². The largest absolute Gasteiger partial charge is 0.493 e. The molecule has 1 aliphatic heterocycles. The number of benzene rings is 1. The number of aryl methyl sites for hydroxylation is 2. The second kappa shape index (κ2) is 14.1. The Hall–Kier alpha value is -3.28. The number of rotatable bonds is 13. The Morgan fingerprint density at radius 1 is 1.24 bits per heavy atom. The molecule has 1 unspecified atom stereocenters. The molecular formula is C30H41N5O5S. The summed E-state index contributed by atoms with van der Waals surface area (Å²) in [4.78, 5) is 34.0. The van der Waals surface area contributed by atoms with E-state index in [-0.39, 0.29) is 37.2 Å². The SMILES string of the molecule is Cc1cc(C(C(=O)N2C[C@H](O)C[C@H]2C(=O)NCc2ccc(-c3scnc3C)cc2OCCCCCN)C(C)C)on1. The van der Waals surface area contributed by atoms with Gasteiger partial charge in [-0.15, -0.1) is 11.3 Å². The molecule has 1 aromatic carbocycles. The van der Waals surface area contributed by atoms with Crippen LogP contribution in [0.15, 0.2) is 34.3 Å². The van der Waals surface area contributed by atoms with Gasteiger partial charge in [-0.3, -0.25) is 9.59 Å². The fourth-order valence-electron chi connectivity index (χ4n) is 5.21. The lowest BCUT2D eigenvalue weighted by Gasteiger charge is -2.28. The predicted octanol–water partition coefficient (Wildman–Crippen LogP) is 3.94. The van der Waals surface area contributed by atoms with Crippen LogP contribution in [0.4, 0.5) is 0 Å². The summed E-state index contributed by atoms with van der Waals surface area (Å²) in [6.07, 6.45) is 2.20. The second-order valence-corrected chi connectivity index (χ2v) is 11.8. The summed E-state index contributed by atoms with van der Waals surface area (Å²) >= 11 is 1.57. The van der Waals surface area contributed by atoms with Crippen LogP contribution >= 0.6 is 11.3 Å². The predicted molar refractivity (Wildman–Crippen MR) is 157 cm³/mol. The van der Waals surface area contributed by atoms with Crippen molar-refractivity contribution in [2.75, 3.05) is 19.7 Å². The Morgan fingerprint density at radius 3 is 2.71 bits per heavy atom. The number of hydrogen-bond donors (Lipinski definition) is 3. The first-order chi connectivity index (χ1) is 19.7. The molecule has 10 nitrogen and oxygen atoms in total. The summed E-state index contributed by atoms with van der Waals surface area (Å²) in [6, 6.07) is 6.91. The number of amides is 2. The van der Waals surface area contributed by atoms with Crippen molar-refractivity contribution in [2.45, 2.75) is 78.0 Å². The Labute approximate surface area is 245 Å². The number of likely N-dealkylation sites (tertiary alicyclic amines) is 1. The van der Waals surface area contributed by atoms with Crippen molar-refractivity contribution >= 4 is 23.2 Å². The number of ether oxygens (including phenoxy) is 1. The van der Waals surface area contributed by atoms with Crippen LogP contribution in [0.3, 0.4) is 0 Å². The smallest absolute Gasteiger partial charge is 0.243 e. The molecule has 1 aliphatic rings. The minimum absolute atomic E-state index is 0.0819. The number of carbonyl (C=O) groups excluding carboxylic acids is 2. The first-order valence-corrected chi connectivity index (χ1v) is 15.1. The van der Waals surface area contributed by atoms with Gasteiger partial charge in [-0.25, -0.2) is 4.98 Å². The third-order valence-electron chi connectivity index (χ3n) is 7.38. The molecule has 11 heteroatoms. The number of unbranched alkanes of at least 4 members (excludes halogenated alkanes) is 2. The lowest BCUT2D eigenvalue weighted by molar-refractivity contribution is -0.141. The van der Waals surface area contributed by atoms with Crippen molar-refractivity contribution < 1.29 is 24.0 Å². The minimum Gasteiger partial charge on any atom is -0.493 e. The maximum atomic E-state index is 13.7. The molecule has 222 valence electrons. The average molecular weight is 584 g/mol. The maximum absolute atomic E-state index is 13.7. The van der Waals surface area contributed by atoms with Crippen LogP contribution in [0.1, 0.15) is 68.2 Å². The Kier molecular flexibility index (Phi) is 10.5. The van der Waals surface area contributed by atoms with Crippen molar-refractivity contribution in [3.05, 3.63) is 52.5 Å². The van der Waals surface area contributed by atoms with E-state index in [2.05, 4.69) is 15.5 Å². The zero-order valence-electron chi connectivity index (χ0n) is 24.3. The molecule has 2 aromatic heterocycles. The van der Waals surface area contributed by atoms with Crippen LogP contribution < -0.4 is 15.8 Å². The molecule has 1 saturated heterocycles. The van der Waals surface area contributed by atoms with Gasteiger partial charge in [-0.1, -0.05) is 31.1 Å². The van der Waals surface area contributed by atoms with E-state index in [4.69, 9.17) is 15.0 Å². The zero-order chi connectivity index (χ0) is 29.5. The van der Waals surface area contributed by atoms with Gasteiger partial charge in [-0.05, 0) is 57.2 Å². The normalized spacial score (nSPS) is 17.7. The molecule has 3 heterocycles. The van der Waals surface area contributed by atoms with Crippen molar-refractivity contribution in [1.29, 1.82) is 0 Å². The molecule has 3 aromatic rings. The van der Waals surface area contributed by atoms with E-state index in [1.165, 1.54) is 4.90 Å². The highest BCUT2D eigenvalue weighted by Crippen LogP contribution is 2.33. The molecule has 2 amide bonds. The van der Waals surface area contributed by atoms with Gasteiger partial charge in [0.15, 0.2) is 0 Å². The van der Waals surface area contributed by atoms with Crippen molar-refractivity contribution in [3.63, 3.8) is 0 Å². The number of aliphatic hydroxyl groups excluding tert-OH is 1. The monoisotopic (exact) mass is 583 g/mol. The molecule has 41 heavy (non-hydrogen) atoms. The van der Waals surface area contributed by atoms with E-state index in [1.54, 1.807) is 24.3 Å². The van der Waals surface area contributed by atoms with Crippen LogP contribution in [-0.4, -0.2) is 63.8 Å². The Morgan fingerprint density at radius 2 is 2.05 bits per heavy atom. The lowest BCUT2D eigenvalue weighted by atomic mass is 9.91. The number of β-amino-alcohol motifs (C(OH)–C–C–N with tert-alkyl or cyclic N) is 1. The topological polar surface area (TPSA) is 144 Å². The Bertz CT molecular complexity index is 1320. The number of aromatic nitrogens is 2. The molecule has 0 spiro atoms. The molecule has 4 N–H and O–H groups in total. The van der Waals surface area contributed by atoms with E-state index in [1.807, 2.05) is 44.5 Å². The number of carbonyl (C=O) groups is 2. The van der Waals surface area contributed by atoms with Gasteiger partial charge in [0.25, 0.3) is 0 Å². The van der Waals surface area contributed by atoms with Crippen LogP contribution in [0.2, 0.25) is 0 Å². The highest BCUT2D eigenvalue weighted by Gasteiger charge is 2.43. The van der Waals surface area contributed by atoms with Crippen LogP contribution in [0, 0.1) is 19.8 Å². The molecular weight excluding hydrogens is 542 g/mol. The molecule has 4 rings (SSSR count). The second-order valence-electron chi connectivity index (χ2n) is 11.0. The van der Waals surface area contributed by atoms with Gasteiger partial charge >= 0.3 is 0 Å². The molecule has 0 radical (unpaired) electrons. The van der Waals surface area contributed by atoms with E-state index in [9.17, 15) is 14.7 Å². The van der Waals surface area contributed by atoms with Crippen molar-refractivity contribution in [2.24, 2.45) is 11.7 Å². The summed E-state index contributed by atoms with van der Waals surface area (Å²) < 4.78 is 11.6. The van der Waals surface area contributed by atoms with Gasteiger partial charge in [0.2, 0.25) is 11.8 Å². The number of thiazole rings is 1. The molecule has 3 atom stereocenters. The van der Waals surface area contributed by atoms with Crippen LogP contribution in [-0.2, 0) is 16.1 Å².